The second-order valence-electron chi connectivity index (χ2n) is 6.05. The van der Waals surface area contributed by atoms with Gasteiger partial charge in [-0.05, 0) is 38.5 Å². The molecular weight excluding hydrogens is 366 g/mol. The molecule has 0 radical (unpaired) electrons. The molecule has 26 heavy (non-hydrogen) atoms. The van der Waals surface area contributed by atoms with Crippen LogP contribution in [0.4, 0.5) is 0 Å². The molecule has 2 aromatic carbocycles. The molecule has 0 amide bonds. The lowest BCUT2D eigenvalue weighted by Gasteiger charge is -2.16. The monoisotopic (exact) mass is 387 g/mol. The molecular formula is C20H22ClN3OS. The van der Waals surface area contributed by atoms with Gasteiger partial charge in [-0.1, -0.05) is 65.3 Å². The SMILES string of the molecule is CCn1c(SCc2cccc(C)c2)nnc1C(C)Oc1ccccc1Cl. The van der Waals surface area contributed by atoms with Gasteiger partial charge in [0.1, 0.15) is 5.75 Å². The highest BCUT2D eigenvalue weighted by atomic mass is 35.5. The normalized spacial score (nSPS) is 12.2. The number of thioether (sulfide) groups is 1. The maximum Gasteiger partial charge on any atom is 0.191 e. The first kappa shape index (κ1) is 18.8. The molecule has 0 saturated carbocycles. The number of benzene rings is 2. The predicted octanol–water partition coefficient (Wildman–Crippen LogP) is 5.69. The van der Waals surface area contributed by atoms with Gasteiger partial charge >= 0.3 is 0 Å². The van der Waals surface area contributed by atoms with E-state index in [2.05, 4.69) is 52.9 Å². The third-order valence-corrected chi connectivity index (χ3v) is 5.37. The third-order valence-electron chi connectivity index (χ3n) is 4.02. The molecule has 0 aliphatic carbocycles. The molecule has 0 fully saturated rings. The minimum absolute atomic E-state index is 0.240. The van der Waals surface area contributed by atoms with E-state index in [1.54, 1.807) is 11.8 Å². The summed E-state index contributed by atoms with van der Waals surface area (Å²) in [6.45, 7) is 6.95. The number of halogens is 1. The molecule has 1 atom stereocenters. The van der Waals surface area contributed by atoms with Crippen molar-refractivity contribution in [2.24, 2.45) is 0 Å². The van der Waals surface area contributed by atoms with Gasteiger partial charge in [0.25, 0.3) is 0 Å². The van der Waals surface area contributed by atoms with Crippen LogP contribution < -0.4 is 4.74 Å². The van der Waals surface area contributed by atoms with Crippen molar-refractivity contribution in [2.45, 2.75) is 44.3 Å². The average molecular weight is 388 g/mol. The third kappa shape index (κ3) is 4.40. The molecule has 4 nitrogen and oxygen atoms in total. The van der Waals surface area contributed by atoms with Crippen molar-refractivity contribution in [1.29, 1.82) is 0 Å². The van der Waals surface area contributed by atoms with Gasteiger partial charge in [0.2, 0.25) is 0 Å². The van der Waals surface area contributed by atoms with Crippen LogP contribution in [0.3, 0.4) is 0 Å². The quantitative estimate of drug-likeness (QED) is 0.488. The summed E-state index contributed by atoms with van der Waals surface area (Å²) in [6.07, 6.45) is -0.240. The molecule has 136 valence electrons. The van der Waals surface area contributed by atoms with Gasteiger partial charge in [0, 0.05) is 12.3 Å². The van der Waals surface area contributed by atoms with E-state index in [1.165, 1.54) is 11.1 Å². The molecule has 0 aliphatic heterocycles. The van der Waals surface area contributed by atoms with Gasteiger partial charge in [0.05, 0.1) is 5.02 Å². The highest BCUT2D eigenvalue weighted by Gasteiger charge is 2.19. The summed E-state index contributed by atoms with van der Waals surface area (Å²) in [5, 5.41) is 10.2. The molecule has 0 N–H and O–H groups in total. The van der Waals surface area contributed by atoms with Crippen molar-refractivity contribution in [1.82, 2.24) is 14.8 Å². The summed E-state index contributed by atoms with van der Waals surface area (Å²) >= 11 is 7.88. The lowest BCUT2D eigenvalue weighted by molar-refractivity contribution is 0.210. The zero-order valence-electron chi connectivity index (χ0n) is 15.1. The van der Waals surface area contributed by atoms with Crippen LogP contribution in [0.15, 0.2) is 53.7 Å². The molecule has 0 aliphatic rings. The Morgan fingerprint density at radius 2 is 1.96 bits per heavy atom. The largest absolute Gasteiger partial charge is 0.481 e. The smallest absolute Gasteiger partial charge is 0.191 e. The minimum atomic E-state index is -0.240. The summed E-state index contributed by atoms with van der Waals surface area (Å²) in [4.78, 5) is 0. The van der Waals surface area contributed by atoms with E-state index in [1.807, 2.05) is 31.2 Å². The second kappa shape index (κ2) is 8.60. The Morgan fingerprint density at radius 3 is 2.69 bits per heavy atom. The van der Waals surface area contributed by atoms with Crippen LogP contribution >= 0.6 is 23.4 Å². The van der Waals surface area contributed by atoms with E-state index in [0.29, 0.717) is 10.8 Å². The summed E-state index contributed by atoms with van der Waals surface area (Å²) in [7, 11) is 0. The number of aryl methyl sites for hydroxylation is 1. The van der Waals surface area contributed by atoms with Gasteiger partial charge in [-0.15, -0.1) is 10.2 Å². The topological polar surface area (TPSA) is 39.9 Å². The van der Waals surface area contributed by atoms with E-state index >= 15 is 0 Å². The Balaban J connectivity index is 1.74. The van der Waals surface area contributed by atoms with E-state index in [4.69, 9.17) is 16.3 Å². The molecule has 1 aromatic heterocycles. The van der Waals surface area contributed by atoms with Gasteiger partial charge in [0.15, 0.2) is 17.1 Å². The van der Waals surface area contributed by atoms with Crippen molar-refractivity contribution in [3.8, 4) is 5.75 Å². The fraction of sp³-hybridized carbons (Fsp3) is 0.300. The number of hydrogen-bond donors (Lipinski definition) is 0. The number of para-hydroxylation sites is 1. The Kier molecular flexibility index (Phi) is 6.22. The lowest BCUT2D eigenvalue weighted by atomic mass is 10.2. The Hall–Kier alpha value is -1.98. The average Bonchev–Trinajstić information content (AvgIpc) is 3.05. The molecule has 0 bridgehead atoms. The number of ether oxygens (including phenoxy) is 1. The van der Waals surface area contributed by atoms with Gasteiger partial charge < -0.3 is 9.30 Å². The molecule has 3 rings (SSSR count). The van der Waals surface area contributed by atoms with Crippen molar-refractivity contribution >= 4 is 23.4 Å². The molecule has 1 unspecified atom stereocenters. The maximum atomic E-state index is 6.19. The molecule has 3 aromatic rings. The number of nitrogens with zero attached hydrogens (tertiary/aromatic N) is 3. The second-order valence-corrected chi connectivity index (χ2v) is 7.40. The molecule has 1 heterocycles. The number of hydrogen-bond acceptors (Lipinski definition) is 4. The number of aromatic nitrogens is 3. The van der Waals surface area contributed by atoms with Crippen LogP contribution in [-0.2, 0) is 12.3 Å². The van der Waals surface area contributed by atoms with Crippen LogP contribution in [0.2, 0.25) is 5.02 Å². The molecule has 6 heteroatoms. The van der Waals surface area contributed by atoms with Crippen molar-refractivity contribution in [3.63, 3.8) is 0 Å². The van der Waals surface area contributed by atoms with Gasteiger partial charge in [-0.3, -0.25) is 0 Å². The van der Waals surface area contributed by atoms with Crippen LogP contribution in [-0.4, -0.2) is 14.8 Å². The summed E-state index contributed by atoms with van der Waals surface area (Å²) in [5.74, 6) is 2.32. The summed E-state index contributed by atoms with van der Waals surface area (Å²) in [5.41, 5.74) is 2.55. The van der Waals surface area contributed by atoms with E-state index < -0.39 is 0 Å². The summed E-state index contributed by atoms with van der Waals surface area (Å²) < 4.78 is 8.10. The first-order chi connectivity index (χ1) is 12.6. The standard InChI is InChI=1S/C20H22ClN3OS/c1-4-24-19(15(3)25-18-11-6-5-10-17(18)21)22-23-20(24)26-13-16-9-7-8-14(2)12-16/h5-12,15H,4,13H2,1-3H3. The van der Waals surface area contributed by atoms with Crippen LogP contribution in [0.1, 0.15) is 36.9 Å². The first-order valence-corrected chi connectivity index (χ1v) is 9.97. The molecule has 0 spiro atoms. The Labute approximate surface area is 163 Å². The van der Waals surface area contributed by atoms with Crippen molar-refractivity contribution < 1.29 is 4.74 Å². The first-order valence-electron chi connectivity index (χ1n) is 8.61. The Morgan fingerprint density at radius 1 is 1.15 bits per heavy atom. The van der Waals surface area contributed by atoms with Crippen LogP contribution in [0, 0.1) is 6.92 Å². The van der Waals surface area contributed by atoms with Gasteiger partial charge in [-0.2, -0.15) is 0 Å². The number of rotatable bonds is 7. The maximum absolute atomic E-state index is 6.19. The zero-order valence-corrected chi connectivity index (χ0v) is 16.7. The predicted molar refractivity (Wildman–Crippen MR) is 107 cm³/mol. The summed E-state index contributed by atoms with van der Waals surface area (Å²) in [6, 6.07) is 16.0. The van der Waals surface area contributed by atoms with E-state index in [-0.39, 0.29) is 6.10 Å². The highest BCUT2D eigenvalue weighted by molar-refractivity contribution is 7.98. The van der Waals surface area contributed by atoms with Crippen LogP contribution in [0.25, 0.3) is 0 Å². The van der Waals surface area contributed by atoms with Crippen LogP contribution in [0.5, 0.6) is 5.75 Å². The van der Waals surface area contributed by atoms with Crippen molar-refractivity contribution in [2.75, 3.05) is 0 Å². The fourth-order valence-corrected chi connectivity index (χ4v) is 3.87. The minimum Gasteiger partial charge on any atom is -0.481 e. The lowest BCUT2D eigenvalue weighted by Crippen LogP contribution is -2.12. The molecule has 0 saturated heterocycles. The highest BCUT2D eigenvalue weighted by Crippen LogP contribution is 2.30. The van der Waals surface area contributed by atoms with Gasteiger partial charge in [-0.25, -0.2) is 0 Å². The van der Waals surface area contributed by atoms with E-state index in [0.717, 1.165) is 23.3 Å². The van der Waals surface area contributed by atoms with Crippen molar-refractivity contribution in [3.05, 3.63) is 70.5 Å². The zero-order chi connectivity index (χ0) is 18.5. The fourth-order valence-electron chi connectivity index (χ4n) is 2.74. The Bertz CT molecular complexity index is 881. The van der Waals surface area contributed by atoms with E-state index in [9.17, 15) is 0 Å².